The maximum absolute atomic E-state index is 11.8. The summed E-state index contributed by atoms with van der Waals surface area (Å²) in [5.41, 5.74) is 6.68. The number of hydrogen-bond acceptors (Lipinski definition) is 2. The number of anilines is 1. The highest BCUT2D eigenvalue weighted by atomic mass is 35.5. The Labute approximate surface area is 100.0 Å². The van der Waals surface area contributed by atoms with Gasteiger partial charge in [0, 0.05) is 22.3 Å². The highest BCUT2D eigenvalue weighted by molar-refractivity contribution is 6.31. The normalized spacial score (nSPS) is 23.6. The van der Waals surface area contributed by atoms with E-state index in [0.717, 1.165) is 18.8 Å². The first-order valence-corrected chi connectivity index (χ1v) is 5.79. The van der Waals surface area contributed by atoms with Crippen molar-refractivity contribution in [2.24, 2.45) is 5.92 Å². The smallest absolute Gasteiger partial charge is 0.251 e. The molecule has 0 unspecified atom stereocenters. The van der Waals surface area contributed by atoms with Crippen molar-refractivity contribution in [2.45, 2.75) is 25.8 Å². The number of benzene rings is 1. The number of nitrogens with two attached hydrogens (primary N) is 1. The van der Waals surface area contributed by atoms with Gasteiger partial charge in [0.1, 0.15) is 0 Å². The van der Waals surface area contributed by atoms with Crippen LogP contribution in [0.3, 0.4) is 0 Å². The quantitative estimate of drug-likeness (QED) is 0.778. The molecule has 86 valence electrons. The molecule has 0 aliphatic heterocycles. The van der Waals surface area contributed by atoms with E-state index in [2.05, 4.69) is 12.2 Å². The SMILES string of the molecule is CC1CC(NC(=O)c2cc(N)cc(Cl)c2)C1. The third-order valence-corrected chi connectivity index (χ3v) is 3.11. The summed E-state index contributed by atoms with van der Waals surface area (Å²) in [6.45, 7) is 2.18. The lowest BCUT2D eigenvalue weighted by Crippen LogP contribution is -2.43. The lowest BCUT2D eigenvalue weighted by atomic mass is 9.82. The molecule has 4 heteroatoms. The highest BCUT2D eigenvalue weighted by Gasteiger charge is 2.26. The summed E-state index contributed by atoms with van der Waals surface area (Å²) >= 11 is 5.84. The predicted octanol–water partition coefficient (Wildman–Crippen LogP) is 2.45. The standard InChI is InChI=1S/C12H15ClN2O/c1-7-2-11(3-7)15-12(16)8-4-9(13)6-10(14)5-8/h4-7,11H,2-3,14H2,1H3,(H,15,16). The molecular weight excluding hydrogens is 224 g/mol. The Morgan fingerprint density at radius 2 is 2.12 bits per heavy atom. The summed E-state index contributed by atoms with van der Waals surface area (Å²) in [6.07, 6.45) is 2.11. The minimum atomic E-state index is -0.0916. The Hall–Kier alpha value is -1.22. The van der Waals surface area contributed by atoms with E-state index in [0.29, 0.717) is 22.3 Å². The molecule has 1 saturated carbocycles. The van der Waals surface area contributed by atoms with Crippen LogP contribution in [0.5, 0.6) is 0 Å². The summed E-state index contributed by atoms with van der Waals surface area (Å²) in [5.74, 6) is 0.626. The average Bonchev–Trinajstić information content (AvgIpc) is 2.13. The topological polar surface area (TPSA) is 55.1 Å². The molecule has 1 amide bonds. The molecule has 3 nitrogen and oxygen atoms in total. The number of amides is 1. The van der Waals surface area contributed by atoms with Crippen LogP contribution in [-0.4, -0.2) is 11.9 Å². The van der Waals surface area contributed by atoms with Crippen molar-refractivity contribution in [1.82, 2.24) is 5.32 Å². The van der Waals surface area contributed by atoms with E-state index in [1.165, 1.54) is 0 Å². The number of halogens is 1. The zero-order chi connectivity index (χ0) is 11.7. The fourth-order valence-corrected chi connectivity index (χ4v) is 2.28. The number of carbonyl (C=O) groups is 1. The summed E-state index contributed by atoms with van der Waals surface area (Å²) in [6, 6.07) is 5.21. The zero-order valence-electron chi connectivity index (χ0n) is 9.16. The van der Waals surface area contributed by atoms with Crippen LogP contribution in [0, 0.1) is 5.92 Å². The van der Waals surface area contributed by atoms with E-state index in [1.54, 1.807) is 18.2 Å². The van der Waals surface area contributed by atoms with Gasteiger partial charge in [0.15, 0.2) is 0 Å². The lowest BCUT2D eigenvalue weighted by molar-refractivity contribution is 0.0896. The van der Waals surface area contributed by atoms with E-state index >= 15 is 0 Å². The average molecular weight is 239 g/mol. The molecule has 0 bridgehead atoms. The van der Waals surface area contributed by atoms with Gasteiger partial charge in [-0.05, 0) is 37.0 Å². The minimum absolute atomic E-state index is 0.0916. The van der Waals surface area contributed by atoms with Crippen LogP contribution in [0.1, 0.15) is 30.1 Å². The van der Waals surface area contributed by atoms with Crippen molar-refractivity contribution in [1.29, 1.82) is 0 Å². The Morgan fingerprint density at radius 3 is 2.69 bits per heavy atom. The Bertz CT molecular complexity index is 393. The molecule has 1 aromatic carbocycles. The fourth-order valence-electron chi connectivity index (χ4n) is 2.03. The largest absolute Gasteiger partial charge is 0.399 e. The number of hydrogen-bond donors (Lipinski definition) is 2. The molecule has 0 atom stereocenters. The molecular formula is C12H15ClN2O. The van der Waals surface area contributed by atoms with Crippen LogP contribution in [0.4, 0.5) is 5.69 Å². The van der Waals surface area contributed by atoms with Gasteiger partial charge in [-0.25, -0.2) is 0 Å². The van der Waals surface area contributed by atoms with E-state index < -0.39 is 0 Å². The Morgan fingerprint density at radius 1 is 1.44 bits per heavy atom. The van der Waals surface area contributed by atoms with Crippen molar-refractivity contribution >= 4 is 23.2 Å². The van der Waals surface area contributed by atoms with Gasteiger partial charge in [-0.1, -0.05) is 18.5 Å². The van der Waals surface area contributed by atoms with Gasteiger partial charge in [0.2, 0.25) is 0 Å². The molecule has 1 fully saturated rings. The van der Waals surface area contributed by atoms with E-state index in [1.807, 2.05) is 0 Å². The maximum Gasteiger partial charge on any atom is 0.251 e. The van der Waals surface area contributed by atoms with Gasteiger partial charge < -0.3 is 11.1 Å². The van der Waals surface area contributed by atoms with Gasteiger partial charge in [0.05, 0.1) is 0 Å². The molecule has 1 aromatic rings. The molecule has 0 saturated heterocycles. The number of nitrogens with one attached hydrogen (secondary N) is 1. The Balaban J connectivity index is 2.03. The summed E-state index contributed by atoms with van der Waals surface area (Å²) in [4.78, 5) is 11.8. The molecule has 0 radical (unpaired) electrons. The van der Waals surface area contributed by atoms with Crippen molar-refractivity contribution in [3.05, 3.63) is 28.8 Å². The highest BCUT2D eigenvalue weighted by Crippen LogP contribution is 2.26. The van der Waals surface area contributed by atoms with E-state index in [-0.39, 0.29) is 5.91 Å². The lowest BCUT2D eigenvalue weighted by Gasteiger charge is -2.33. The fraction of sp³-hybridized carbons (Fsp3) is 0.417. The van der Waals surface area contributed by atoms with Gasteiger partial charge in [0.25, 0.3) is 5.91 Å². The van der Waals surface area contributed by atoms with Crippen LogP contribution in [-0.2, 0) is 0 Å². The van der Waals surface area contributed by atoms with Crippen molar-refractivity contribution < 1.29 is 4.79 Å². The first kappa shape index (κ1) is 11.3. The number of rotatable bonds is 2. The molecule has 2 rings (SSSR count). The third kappa shape index (κ3) is 2.47. The van der Waals surface area contributed by atoms with Crippen molar-refractivity contribution in [3.63, 3.8) is 0 Å². The molecule has 3 N–H and O–H groups in total. The maximum atomic E-state index is 11.8. The second-order valence-electron chi connectivity index (χ2n) is 4.52. The second-order valence-corrected chi connectivity index (χ2v) is 4.96. The van der Waals surface area contributed by atoms with Gasteiger partial charge in [-0.2, -0.15) is 0 Å². The Kier molecular flexibility index (Phi) is 3.06. The molecule has 0 heterocycles. The van der Waals surface area contributed by atoms with Crippen molar-refractivity contribution in [2.75, 3.05) is 5.73 Å². The summed E-state index contributed by atoms with van der Waals surface area (Å²) < 4.78 is 0. The summed E-state index contributed by atoms with van der Waals surface area (Å²) in [5, 5.41) is 3.46. The van der Waals surface area contributed by atoms with Gasteiger partial charge in [-0.3, -0.25) is 4.79 Å². The van der Waals surface area contributed by atoms with Crippen LogP contribution in [0.25, 0.3) is 0 Å². The van der Waals surface area contributed by atoms with Crippen LogP contribution in [0.15, 0.2) is 18.2 Å². The number of carbonyl (C=O) groups excluding carboxylic acids is 1. The van der Waals surface area contributed by atoms with Gasteiger partial charge >= 0.3 is 0 Å². The van der Waals surface area contributed by atoms with Gasteiger partial charge in [-0.15, -0.1) is 0 Å². The molecule has 1 aliphatic carbocycles. The minimum Gasteiger partial charge on any atom is -0.399 e. The molecule has 16 heavy (non-hydrogen) atoms. The monoisotopic (exact) mass is 238 g/mol. The zero-order valence-corrected chi connectivity index (χ0v) is 9.92. The number of nitrogen functional groups attached to an aromatic ring is 1. The molecule has 0 aromatic heterocycles. The molecule has 0 spiro atoms. The van der Waals surface area contributed by atoms with Crippen LogP contribution in [0.2, 0.25) is 5.02 Å². The molecule has 1 aliphatic rings. The third-order valence-electron chi connectivity index (χ3n) is 2.89. The first-order chi connectivity index (χ1) is 7.54. The predicted molar refractivity (Wildman–Crippen MR) is 65.5 cm³/mol. The summed E-state index contributed by atoms with van der Waals surface area (Å²) in [7, 11) is 0. The first-order valence-electron chi connectivity index (χ1n) is 5.41. The van der Waals surface area contributed by atoms with Crippen LogP contribution < -0.4 is 11.1 Å². The van der Waals surface area contributed by atoms with Crippen molar-refractivity contribution in [3.8, 4) is 0 Å². The van der Waals surface area contributed by atoms with Crippen LogP contribution >= 0.6 is 11.6 Å². The van der Waals surface area contributed by atoms with E-state index in [9.17, 15) is 4.79 Å². The second kappa shape index (κ2) is 4.34. The van der Waals surface area contributed by atoms with E-state index in [4.69, 9.17) is 17.3 Å².